The van der Waals surface area contributed by atoms with Crippen molar-refractivity contribution in [3.8, 4) is 0 Å². The van der Waals surface area contributed by atoms with Crippen LogP contribution in [0.5, 0.6) is 0 Å². The number of nitrogens with zero attached hydrogens (tertiary/aromatic N) is 3. The minimum atomic E-state index is -1.24. The molecule has 0 fully saturated rings. The third-order valence-electron chi connectivity index (χ3n) is 3.88. The zero-order chi connectivity index (χ0) is 18.2. The fourth-order valence-electron chi connectivity index (χ4n) is 2.81. The van der Waals surface area contributed by atoms with E-state index < -0.39 is 9.04 Å². The maximum atomic E-state index is 12.9. The van der Waals surface area contributed by atoms with Crippen LogP contribution in [0.1, 0.15) is 48.5 Å². The summed E-state index contributed by atoms with van der Waals surface area (Å²) in [7, 11) is -1.24. The van der Waals surface area contributed by atoms with E-state index in [9.17, 15) is 4.79 Å². The lowest BCUT2D eigenvalue weighted by molar-refractivity contribution is 0.0860. The van der Waals surface area contributed by atoms with Gasteiger partial charge >= 0.3 is 0 Å². The monoisotopic (exact) mass is 373 g/mol. The van der Waals surface area contributed by atoms with Gasteiger partial charge in [0.25, 0.3) is 0 Å². The molecule has 0 aliphatic carbocycles. The van der Waals surface area contributed by atoms with Crippen molar-refractivity contribution < 1.29 is 9.22 Å². The van der Waals surface area contributed by atoms with Gasteiger partial charge in [0.1, 0.15) is 16.9 Å². The van der Waals surface area contributed by atoms with Crippen LogP contribution in [0, 0.1) is 5.41 Å². The van der Waals surface area contributed by atoms with Gasteiger partial charge in [-0.2, -0.15) is 0 Å². The predicted octanol–water partition coefficient (Wildman–Crippen LogP) is 4.11. The maximum Gasteiger partial charge on any atom is 0.216 e. The molecule has 0 saturated heterocycles. The van der Waals surface area contributed by atoms with Crippen molar-refractivity contribution in [3.05, 3.63) is 53.2 Å². The van der Waals surface area contributed by atoms with Crippen LogP contribution < -0.4 is 0 Å². The molecule has 5 nitrogen and oxygen atoms in total. The molecule has 0 aliphatic rings. The summed E-state index contributed by atoms with van der Waals surface area (Å²) in [5, 5.41) is 1.94. The number of carbonyl (C=O) groups excluding carboxylic acids is 1. The van der Waals surface area contributed by atoms with E-state index in [0.29, 0.717) is 11.3 Å². The van der Waals surface area contributed by atoms with Crippen molar-refractivity contribution >= 4 is 31.0 Å². The van der Waals surface area contributed by atoms with Gasteiger partial charge in [0, 0.05) is 29.5 Å². The first kappa shape index (κ1) is 18.0. The van der Waals surface area contributed by atoms with Crippen LogP contribution in [0.25, 0.3) is 4.83 Å². The van der Waals surface area contributed by atoms with Crippen LogP contribution in [0.2, 0.25) is 13.1 Å². The number of pyridine rings is 1. The first-order chi connectivity index (χ1) is 11.8. The fraction of sp³-hybridized carbons (Fsp3) is 0.389. The van der Waals surface area contributed by atoms with E-state index in [1.807, 2.05) is 22.0 Å². The largest absolute Gasteiger partial charge is 0.413 e. The Labute approximate surface area is 153 Å². The zero-order valence-electron chi connectivity index (χ0n) is 15.2. The Morgan fingerprint density at radius 1 is 1.32 bits per heavy atom. The summed E-state index contributed by atoms with van der Waals surface area (Å²) in [6.07, 6.45) is 6.90. The first-order valence-electron chi connectivity index (χ1n) is 8.32. The molecule has 0 aliphatic heterocycles. The van der Waals surface area contributed by atoms with Crippen LogP contribution in [0.15, 0.2) is 36.4 Å². The number of hydrogen-bond acceptors (Lipinski definition) is 5. The molecule has 0 bridgehead atoms. The highest BCUT2D eigenvalue weighted by Gasteiger charge is 2.29. The molecule has 25 heavy (non-hydrogen) atoms. The van der Waals surface area contributed by atoms with E-state index in [4.69, 9.17) is 4.43 Å². The van der Waals surface area contributed by atoms with Crippen molar-refractivity contribution in [2.45, 2.75) is 40.0 Å². The Hall–Kier alpha value is -1.83. The molecule has 132 valence electrons. The van der Waals surface area contributed by atoms with Crippen LogP contribution in [0.3, 0.4) is 0 Å². The predicted molar refractivity (Wildman–Crippen MR) is 103 cm³/mol. The molecule has 0 N–H and O–H groups in total. The molecular weight excluding hydrogens is 350 g/mol. The lowest BCUT2D eigenvalue weighted by Crippen LogP contribution is -2.26. The zero-order valence-corrected chi connectivity index (χ0v) is 17.2. The van der Waals surface area contributed by atoms with Crippen LogP contribution in [-0.4, -0.2) is 29.2 Å². The molecule has 7 heteroatoms. The SMILES string of the molecule is C[SiH](C)OC(c1cncc(C(=O)c2ncn3ccsc23)c1)C(C)(C)C. The van der Waals surface area contributed by atoms with E-state index >= 15 is 0 Å². The normalized spacial score (nSPS) is 13.5. The Balaban J connectivity index is 1.98. The summed E-state index contributed by atoms with van der Waals surface area (Å²) < 4.78 is 8.12. The Morgan fingerprint density at radius 2 is 2.08 bits per heavy atom. The van der Waals surface area contributed by atoms with E-state index in [2.05, 4.69) is 43.8 Å². The standard InChI is InChI=1S/C18H23N3O2SSi/c1-18(2,3)16(23-25(4)5)13-8-12(9-19-10-13)15(22)14-17-21(11-20-14)6-7-24-17/h6-11,16,25H,1-5H3. The minimum absolute atomic E-state index is 0.0734. The molecule has 0 aromatic carbocycles. The van der Waals surface area contributed by atoms with E-state index in [1.54, 1.807) is 18.7 Å². The molecule has 0 amide bonds. The number of fused-ring (bicyclic) bond motifs is 1. The first-order valence-corrected chi connectivity index (χ1v) is 12.0. The number of hydrogen-bond donors (Lipinski definition) is 0. The fourth-order valence-corrected chi connectivity index (χ4v) is 4.72. The second kappa shape index (κ2) is 6.82. The summed E-state index contributed by atoms with van der Waals surface area (Å²) in [6.45, 7) is 10.7. The summed E-state index contributed by atoms with van der Waals surface area (Å²) in [5.41, 5.74) is 1.90. The minimum Gasteiger partial charge on any atom is -0.413 e. The van der Waals surface area contributed by atoms with Gasteiger partial charge in [0.2, 0.25) is 5.78 Å². The summed E-state index contributed by atoms with van der Waals surface area (Å²) >= 11 is 1.51. The quantitative estimate of drug-likeness (QED) is 0.499. The second-order valence-electron chi connectivity index (χ2n) is 7.48. The number of ketones is 1. The van der Waals surface area contributed by atoms with Gasteiger partial charge in [-0.25, -0.2) is 4.98 Å². The highest BCUT2D eigenvalue weighted by atomic mass is 32.1. The highest BCUT2D eigenvalue weighted by molar-refractivity contribution is 7.15. The van der Waals surface area contributed by atoms with Crippen molar-refractivity contribution in [1.82, 2.24) is 14.4 Å². The molecular formula is C18H23N3O2SSi. The van der Waals surface area contributed by atoms with Gasteiger partial charge in [-0.1, -0.05) is 20.8 Å². The maximum absolute atomic E-state index is 12.9. The third-order valence-corrected chi connectivity index (χ3v) is 5.59. The van der Waals surface area contributed by atoms with E-state index in [0.717, 1.165) is 10.4 Å². The van der Waals surface area contributed by atoms with Gasteiger partial charge in [-0.3, -0.25) is 14.2 Å². The second-order valence-corrected chi connectivity index (χ2v) is 10.7. The molecule has 0 saturated carbocycles. The molecule has 3 heterocycles. The highest BCUT2D eigenvalue weighted by Crippen LogP contribution is 2.36. The number of thiazole rings is 1. The lowest BCUT2D eigenvalue weighted by atomic mass is 9.85. The van der Waals surface area contributed by atoms with Crippen molar-refractivity contribution in [3.63, 3.8) is 0 Å². The molecule has 0 radical (unpaired) electrons. The van der Waals surface area contributed by atoms with Crippen LogP contribution in [0.4, 0.5) is 0 Å². The lowest BCUT2D eigenvalue weighted by Gasteiger charge is -2.33. The van der Waals surface area contributed by atoms with Crippen molar-refractivity contribution in [2.24, 2.45) is 5.41 Å². The number of carbonyl (C=O) groups is 1. The number of rotatable bonds is 5. The van der Waals surface area contributed by atoms with Gasteiger partial charge < -0.3 is 4.43 Å². The Kier molecular flexibility index (Phi) is 4.90. The summed E-state index contributed by atoms with van der Waals surface area (Å²) in [6, 6.07) is 1.90. The number of aromatic nitrogens is 3. The van der Waals surface area contributed by atoms with E-state index in [-0.39, 0.29) is 17.3 Å². The van der Waals surface area contributed by atoms with Crippen LogP contribution in [-0.2, 0) is 4.43 Å². The van der Waals surface area contributed by atoms with Crippen molar-refractivity contribution in [1.29, 1.82) is 0 Å². The molecule has 1 atom stereocenters. The summed E-state index contributed by atoms with van der Waals surface area (Å²) in [5.74, 6) is -0.103. The smallest absolute Gasteiger partial charge is 0.216 e. The van der Waals surface area contributed by atoms with Crippen molar-refractivity contribution in [2.75, 3.05) is 0 Å². The molecule has 1 unspecified atom stereocenters. The molecule has 3 aromatic rings. The molecule has 0 spiro atoms. The Bertz CT molecular complexity index is 895. The Morgan fingerprint density at radius 3 is 2.76 bits per heavy atom. The summed E-state index contributed by atoms with van der Waals surface area (Å²) in [4.78, 5) is 22.4. The van der Waals surface area contributed by atoms with Gasteiger partial charge in [-0.15, -0.1) is 11.3 Å². The number of imidazole rings is 1. The van der Waals surface area contributed by atoms with Gasteiger partial charge in [-0.05, 0) is 30.1 Å². The third kappa shape index (κ3) is 3.73. The van der Waals surface area contributed by atoms with Gasteiger partial charge in [0.15, 0.2) is 9.04 Å². The average Bonchev–Trinajstić information content (AvgIpc) is 3.14. The average molecular weight is 374 g/mol. The topological polar surface area (TPSA) is 56.5 Å². The molecule has 3 rings (SSSR count). The van der Waals surface area contributed by atoms with E-state index in [1.165, 1.54) is 11.3 Å². The van der Waals surface area contributed by atoms with Crippen LogP contribution >= 0.6 is 11.3 Å². The molecule has 3 aromatic heterocycles. The van der Waals surface area contributed by atoms with Gasteiger partial charge in [0.05, 0.1) is 6.10 Å².